The quantitative estimate of drug-likeness (QED) is 0.268. The molecule has 1 aliphatic heterocycles. The Kier molecular flexibility index (Phi) is 7.78. The molecule has 4 aromatic rings. The van der Waals surface area contributed by atoms with Crippen molar-refractivity contribution in [3.05, 3.63) is 30.4 Å². The molecule has 0 radical (unpaired) electrons. The van der Waals surface area contributed by atoms with Gasteiger partial charge >= 0.3 is 0 Å². The molecule has 224 valence electrons. The number of methoxy groups -OCH3 is 3. The van der Waals surface area contributed by atoms with Crippen LogP contribution < -0.4 is 30.2 Å². The Morgan fingerprint density at radius 2 is 1.76 bits per heavy atom. The van der Waals surface area contributed by atoms with E-state index in [4.69, 9.17) is 35.0 Å². The Labute approximate surface area is 244 Å². The summed E-state index contributed by atoms with van der Waals surface area (Å²) < 4.78 is 20.4. The smallest absolute Gasteiger partial charge is 0.232 e. The fourth-order valence-corrected chi connectivity index (χ4v) is 6.21. The van der Waals surface area contributed by atoms with Crippen molar-refractivity contribution in [2.45, 2.75) is 63.6 Å². The molecule has 2 fully saturated rings. The lowest BCUT2D eigenvalue weighted by molar-refractivity contribution is 0.266. The number of rotatable bonds is 9. The third-order valence-corrected chi connectivity index (χ3v) is 8.42. The average molecular weight is 578 g/mol. The minimum atomic E-state index is 0.00520. The van der Waals surface area contributed by atoms with Crippen LogP contribution >= 0.6 is 0 Å². The van der Waals surface area contributed by atoms with Crippen LogP contribution in [0.1, 0.15) is 50.3 Å². The van der Waals surface area contributed by atoms with Crippen LogP contribution in [0.2, 0.25) is 0 Å². The largest absolute Gasteiger partial charge is 0.493 e. The van der Waals surface area contributed by atoms with Gasteiger partial charge in [0.1, 0.15) is 12.1 Å². The number of anilines is 3. The molecule has 0 spiro atoms. The second-order valence-electron chi connectivity index (χ2n) is 11.0. The van der Waals surface area contributed by atoms with E-state index in [9.17, 15) is 5.11 Å². The zero-order valence-corrected chi connectivity index (χ0v) is 24.6. The van der Waals surface area contributed by atoms with Gasteiger partial charge in [-0.1, -0.05) is 0 Å². The third-order valence-electron chi connectivity index (χ3n) is 8.42. The van der Waals surface area contributed by atoms with Crippen molar-refractivity contribution in [2.24, 2.45) is 5.73 Å². The number of aryl methyl sites for hydroxylation is 1. The number of aliphatic hydroxyl groups excluding tert-OH is 1. The number of imidazole rings is 1. The zero-order chi connectivity index (χ0) is 29.4. The maximum Gasteiger partial charge on any atom is 0.232 e. The number of benzene rings is 1. The van der Waals surface area contributed by atoms with E-state index in [1.54, 1.807) is 27.7 Å². The van der Waals surface area contributed by atoms with E-state index >= 15 is 0 Å². The second-order valence-corrected chi connectivity index (χ2v) is 11.0. The SMILES string of the molecule is COc1cc(-n2cnc(Nc3nc(N4CCC[C@H]4CO)c4c(C)nn(C5CCC(N)CC5)c4n3)c2)cc(OC)c1OC. The predicted octanol–water partition coefficient (Wildman–Crippen LogP) is 3.49. The highest BCUT2D eigenvalue weighted by molar-refractivity contribution is 5.91. The van der Waals surface area contributed by atoms with Crippen molar-refractivity contribution in [1.29, 1.82) is 0 Å². The summed E-state index contributed by atoms with van der Waals surface area (Å²) >= 11 is 0. The fraction of sp³-hybridized carbons (Fsp3) is 0.517. The standard InChI is InChI=1S/C29H39N9O4/c1-17-25-27(37-11-5-6-20(37)15-39)33-29(34-28(25)38(35-17)19-9-7-18(30)8-10-19)32-24-14-36(16-31-24)21-12-22(40-2)26(42-4)23(13-21)41-3/h12-14,16,18-20,39H,5-11,15,30H2,1-4H3,(H,32,33,34)/t18?,19?,20-/m0/s1. The summed E-state index contributed by atoms with van der Waals surface area (Å²) in [5.74, 6) is 3.39. The first-order valence-corrected chi connectivity index (χ1v) is 14.4. The molecule has 1 saturated carbocycles. The van der Waals surface area contributed by atoms with Gasteiger partial charge in [0.2, 0.25) is 11.7 Å². The van der Waals surface area contributed by atoms with Crippen molar-refractivity contribution >= 4 is 28.6 Å². The molecule has 4 heterocycles. The summed E-state index contributed by atoms with van der Waals surface area (Å²) in [5, 5.41) is 19.3. The van der Waals surface area contributed by atoms with Gasteiger partial charge in [-0.15, -0.1) is 0 Å². The van der Waals surface area contributed by atoms with Crippen LogP contribution in [0.15, 0.2) is 24.7 Å². The van der Waals surface area contributed by atoms with Crippen LogP contribution in [0.25, 0.3) is 16.7 Å². The van der Waals surface area contributed by atoms with Gasteiger partial charge in [-0.2, -0.15) is 15.1 Å². The molecule has 1 atom stereocenters. The zero-order valence-electron chi connectivity index (χ0n) is 24.6. The third kappa shape index (κ3) is 5.07. The van der Waals surface area contributed by atoms with Crippen molar-refractivity contribution in [1.82, 2.24) is 29.3 Å². The summed E-state index contributed by atoms with van der Waals surface area (Å²) in [4.78, 5) is 16.7. The molecule has 0 bridgehead atoms. The molecule has 42 heavy (non-hydrogen) atoms. The Morgan fingerprint density at radius 1 is 1.02 bits per heavy atom. The van der Waals surface area contributed by atoms with E-state index in [1.165, 1.54) is 0 Å². The average Bonchev–Trinajstić information content (AvgIpc) is 3.75. The summed E-state index contributed by atoms with van der Waals surface area (Å²) in [5.41, 5.74) is 8.66. The molecular weight excluding hydrogens is 538 g/mol. The molecule has 4 N–H and O–H groups in total. The number of aromatic nitrogens is 6. The number of hydrogen-bond acceptors (Lipinski definition) is 11. The van der Waals surface area contributed by atoms with Crippen molar-refractivity contribution in [3.8, 4) is 22.9 Å². The van der Waals surface area contributed by atoms with E-state index in [2.05, 4.69) is 19.9 Å². The lowest BCUT2D eigenvalue weighted by Crippen LogP contribution is -2.33. The number of nitrogens with one attached hydrogen (secondary N) is 1. The van der Waals surface area contributed by atoms with Gasteiger partial charge in [0, 0.05) is 24.7 Å². The van der Waals surface area contributed by atoms with Gasteiger partial charge in [-0.25, -0.2) is 9.67 Å². The number of nitrogens with two attached hydrogens (primary N) is 1. The van der Waals surface area contributed by atoms with Gasteiger partial charge < -0.3 is 39.8 Å². The minimum Gasteiger partial charge on any atom is -0.493 e. The van der Waals surface area contributed by atoms with E-state index in [0.717, 1.165) is 73.3 Å². The van der Waals surface area contributed by atoms with Crippen LogP contribution in [-0.2, 0) is 0 Å². The van der Waals surface area contributed by atoms with Crippen molar-refractivity contribution in [2.75, 3.05) is 44.7 Å². The maximum absolute atomic E-state index is 10.1. The summed E-state index contributed by atoms with van der Waals surface area (Å²) in [6.45, 7) is 2.90. The number of nitrogens with zero attached hydrogens (tertiary/aromatic N) is 7. The molecule has 13 heteroatoms. The first-order chi connectivity index (χ1) is 20.4. The molecule has 2 aliphatic rings. The number of ether oxygens (including phenoxy) is 3. The van der Waals surface area contributed by atoms with Crippen molar-refractivity contribution < 1.29 is 19.3 Å². The Morgan fingerprint density at radius 3 is 2.43 bits per heavy atom. The van der Waals surface area contributed by atoms with Crippen LogP contribution in [0.4, 0.5) is 17.6 Å². The summed E-state index contributed by atoms with van der Waals surface area (Å²) in [6.07, 6.45) is 9.31. The van der Waals surface area contributed by atoms with Gasteiger partial charge in [-0.3, -0.25) is 0 Å². The number of fused-ring (bicyclic) bond motifs is 1. The van der Waals surface area contributed by atoms with E-state index in [0.29, 0.717) is 29.0 Å². The molecule has 13 nitrogen and oxygen atoms in total. The van der Waals surface area contributed by atoms with Crippen LogP contribution in [0, 0.1) is 6.92 Å². The lowest BCUT2D eigenvalue weighted by Gasteiger charge is -2.27. The highest BCUT2D eigenvalue weighted by Crippen LogP contribution is 2.40. The Hall–Kier alpha value is -4.10. The molecule has 1 aliphatic carbocycles. The first kappa shape index (κ1) is 28.0. The normalized spacial score (nSPS) is 20.7. The second kappa shape index (κ2) is 11.6. The van der Waals surface area contributed by atoms with E-state index in [1.807, 2.05) is 29.8 Å². The van der Waals surface area contributed by atoms with Crippen molar-refractivity contribution in [3.63, 3.8) is 0 Å². The Bertz CT molecular complexity index is 1540. The molecular formula is C29H39N9O4. The minimum absolute atomic E-state index is 0.00520. The van der Waals surface area contributed by atoms with Crippen LogP contribution in [0.3, 0.4) is 0 Å². The molecule has 1 aromatic carbocycles. The molecule has 3 aromatic heterocycles. The molecule has 0 unspecified atom stereocenters. The fourth-order valence-electron chi connectivity index (χ4n) is 6.21. The Balaban J connectivity index is 1.39. The van der Waals surface area contributed by atoms with E-state index < -0.39 is 0 Å². The highest BCUT2D eigenvalue weighted by Gasteiger charge is 2.31. The van der Waals surface area contributed by atoms with E-state index in [-0.39, 0.29) is 24.7 Å². The van der Waals surface area contributed by atoms with Crippen LogP contribution in [0.5, 0.6) is 17.2 Å². The van der Waals surface area contributed by atoms with Crippen LogP contribution in [-0.4, -0.2) is 81.0 Å². The maximum atomic E-state index is 10.1. The van der Waals surface area contributed by atoms with Gasteiger partial charge in [-0.05, 0) is 45.4 Å². The summed E-state index contributed by atoms with van der Waals surface area (Å²) in [6, 6.07) is 4.18. The van der Waals surface area contributed by atoms with Gasteiger partial charge in [0.05, 0.1) is 63.0 Å². The topological polar surface area (TPSA) is 151 Å². The predicted molar refractivity (Wildman–Crippen MR) is 159 cm³/mol. The van der Waals surface area contributed by atoms with Gasteiger partial charge in [0.25, 0.3) is 0 Å². The summed E-state index contributed by atoms with van der Waals surface area (Å²) in [7, 11) is 4.75. The van der Waals surface area contributed by atoms with Gasteiger partial charge in [0.15, 0.2) is 23.0 Å². The molecule has 0 amide bonds. The number of aliphatic hydroxyl groups is 1. The highest BCUT2D eigenvalue weighted by atomic mass is 16.5. The first-order valence-electron chi connectivity index (χ1n) is 14.4. The number of hydrogen-bond donors (Lipinski definition) is 3. The molecule has 6 rings (SSSR count). The monoisotopic (exact) mass is 577 g/mol. The lowest BCUT2D eigenvalue weighted by atomic mass is 9.92. The molecule has 1 saturated heterocycles.